The van der Waals surface area contributed by atoms with Crippen LogP contribution in [-0.4, -0.2) is 4.57 Å². The van der Waals surface area contributed by atoms with Crippen molar-refractivity contribution in [3.8, 4) is 39.1 Å². The molecule has 14 aromatic rings. The Labute approximate surface area is 483 Å². The first kappa shape index (κ1) is 47.1. The Kier molecular flexibility index (Phi) is 10.4. The van der Waals surface area contributed by atoms with Crippen molar-refractivity contribution in [2.45, 2.75) is 10.8 Å². The zero-order valence-electron chi connectivity index (χ0n) is 45.4. The van der Waals surface area contributed by atoms with Gasteiger partial charge in [0.25, 0.3) is 0 Å². The number of benzene rings is 13. The summed E-state index contributed by atoms with van der Waals surface area (Å²) in [6, 6.07) is 120. The quantitative estimate of drug-likeness (QED) is 0.143. The average molecular weight is 1060 g/mol. The number of anilines is 6. The fourth-order valence-electron chi connectivity index (χ4n) is 14.9. The molecule has 17 rings (SSSR count). The molecule has 13 aromatic carbocycles. The average Bonchev–Trinajstić information content (AvgIpc) is 3.51. The molecule has 83 heavy (non-hydrogen) atoms. The van der Waals surface area contributed by atoms with Crippen molar-refractivity contribution in [3.05, 3.63) is 366 Å². The molecule has 0 saturated heterocycles. The maximum absolute atomic E-state index is 2.50. The van der Waals surface area contributed by atoms with Gasteiger partial charge < -0.3 is 14.4 Å². The van der Waals surface area contributed by atoms with Gasteiger partial charge in [-0.25, -0.2) is 0 Å². The van der Waals surface area contributed by atoms with Crippen LogP contribution in [0.1, 0.15) is 44.5 Å². The van der Waals surface area contributed by atoms with Crippen LogP contribution in [-0.2, 0) is 10.8 Å². The molecule has 1 atom stereocenters. The molecule has 3 nitrogen and oxygen atoms in total. The number of nitrogens with zero attached hydrogens (tertiary/aromatic N) is 3. The van der Waals surface area contributed by atoms with Crippen LogP contribution in [0.15, 0.2) is 322 Å². The van der Waals surface area contributed by atoms with Crippen LogP contribution in [0.3, 0.4) is 0 Å². The van der Waals surface area contributed by atoms with Crippen LogP contribution in [0.2, 0.25) is 0 Å². The molecule has 0 bridgehead atoms. The Morgan fingerprint density at radius 2 is 0.747 bits per heavy atom. The smallest absolute Gasteiger partial charge is 0.0754 e. The third kappa shape index (κ3) is 6.74. The highest BCUT2D eigenvalue weighted by Gasteiger charge is 2.53. The van der Waals surface area contributed by atoms with Crippen molar-refractivity contribution < 1.29 is 0 Å². The van der Waals surface area contributed by atoms with Gasteiger partial charge in [0, 0.05) is 44.8 Å². The van der Waals surface area contributed by atoms with Gasteiger partial charge in [0.15, 0.2) is 0 Å². The Hall–Kier alpha value is -10.7. The molecule has 0 radical (unpaired) electrons. The highest BCUT2D eigenvalue weighted by molar-refractivity contribution is 6.11. The minimum atomic E-state index is -0.559. The van der Waals surface area contributed by atoms with Gasteiger partial charge in [0.2, 0.25) is 0 Å². The van der Waals surface area contributed by atoms with Crippen LogP contribution in [0, 0.1) is 0 Å². The summed E-state index contributed by atoms with van der Waals surface area (Å²) < 4.78 is 2.40. The number of hydrogen-bond donors (Lipinski definition) is 0. The van der Waals surface area contributed by atoms with Crippen LogP contribution >= 0.6 is 0 Å². The van der Waals surface area contributed by atoms with E-state index in [1.165, 1.54) is 106 Å². The molecule has 1 unspecified atom stereocenters. The molecule has 0 amide bonds. The minimum Gasteiger partial charge on any atom is -0.310 e. The largest absolute Gasteiger partial charge is 0.310 e. The van der Waals surface area contributed by atoms with Gasteiger partial charge in [-0.3, -0.25) is 0 Å². The number of fused-ring (bicyclic) bond motifs is 11. The van der Waals surface area contributed by atoms with Crippen molar-refractivity contribution in [1.82, 2.24) is 4.57 Å². The molecule has 2 aliphatic carbocycles. The lowest BCUT2D eigenvalue weighted by Gasteiger charge is -2.44. The highest BCUT2D eigenvalue weighted by Crippen LogP contribution is 2.65. The molecule has 2 heterocycles. The summed E-state index contributed by atoms with van der Waals surface area (Å²) >= 11 is 0. The summed E-state index contributed by atoms with van der Waals surface area (Å²) in [4.78, 5) is 4.94. The molecule has 3 aliphatic rings. The van der Waals surface area contributed by atoms with E-state index in [1.807, 2.05) is 0 Å². The second kappa shape index (κ2) is 18.4. The molecule has 0 saturated carbocycles. The van der Waals surface area contributed by atoms with Crippen molar-refractivity contribution in [1.29, 1.82) is 0 Å². The Morgan fingerprint density at radius 3 is 1.47 bits per heavy atom. The van der Waals surface area contributed by atoms with Gasteiger partial charge >= 0.3 is 0 Å². The molecule has 0 N–H and O–H groups in total. The maximum Gasteiger partial charge on any atom is 0.0754 e. The molecule has 1 aliphatic heterocycles. The SMILES string of the molecule is c1ccc(N2c3ccccc3C3(c4ccccc4)c4cc(-c5ccc(N(c6ccc7c(c6)C(c6ccccc6)(c6ccccc6)c6ccccc6-7)c6ccc7c(c6)c6ccccc6n7-c6ccccc6)cc5)ccc4-c4cccc2c43)cc1. The fraction of sp³-hybridized carbons (Fsp3) is 0.0250. The number of para-hydroxylation sites is 4. The van der Waals surface area contributed by atoms with E-state index in [1.54, 1.807) is 0 Å². The lowest BCUT2D eigenvalue weighted by Crippen LogP contribution is -2.35. The van der Waals surface area contributed by atoms with Crippen molar-refractivity contribution in [2.75, 3.05) is 9.80 Å². The zero-order valence-corrected chi connectivity index (χ0v) is 45.4. The van der Waals surface area contributed by atoms with Crippen LogP contribution in [0.4, 0.5) is 34.1 Å². The van der Waals surface area contributed by atoms with Gasteiger partial charge in [-0.05, 0) is 163 Å². The van der Waals surface area contributed by atoms with E-state index in [0.29, 0.717) is 0 Å². The first-order valence-electron chi connectivity index (χ1n) is 28.8. The van der Waals surface area contributed by atoms with Gasteiger partial charge in [-0.1, -0.05) is 231 Å². The molecule has 388 valence electrons. The minimum absolute atomic E-state index is 0.554. The Balaban J connectivity index is 0.859. The van der Waals surface area contributed by atoms with E-state index >= 15 is 0 Å². The second-order valence-corrected chi connectivity index (χ2v) is 22.3. The lowest BCUT2D eigenvalue weighted by molar-refractivity contribution is 0.754. The van der Waals surface area contributed by atoms with E-state index in [9.17, 15) is 0 Å². The monoisotopic (exact) mass is 1060 g/mol. The van der Waals surface area contributed by atoms with E-state index in [4.69, 9.17) is 0 Å². The van der Waals surface area contributed by atoms with Crippen molar-refractivity contribution >= 4 is 55.9 Å². The van der Waals surface area contributed by atoms with E-state index in [-0.39, 0.29) is 0 Å². The van der Waals surface area contributed by atoms with Gasteiger partial charge in [-0.2, -0.15) is 0 Å². The van der Waals surface area contributed by atoms with Crippen LogP contribution in [0.5, 0.6) is 0 Å². The molecular weight excluding hydrogens is 1000 g/mol. The summed E-state index contributed by atoms with van der Waals surface area (Å²) in [6.07, 6.45) is 0. The summed E-state index contributed by atoms with van der Waals surface area (Å²) in [6.45, 7) is 0. The predicted molar refractivity (Wildman–Crippen MR) is 344 cm³/mol. The van der Waals surface area contributed by atoms with Crippen LogP contribution < -0.4 is 9.80 Å². The third-order valence-electron chi connectivity index (χ3n) is 18.2. The van der Waals surface area contributed by atoms with E-state index < -0.39 is 10.8 Å². The first-order chi connectivity index (χ1) is 41.2. The Bertz CT molecular complexity index is 4800. The van der Waals surface area contributed by atoms with E-state index in [2.05, 4.69) is 336 Å². The van der Waals surface area contributed by atoms with Gasteiger partial charge in [-0.15, -0.1) is 0 Å². The first-order valence-corrected chi connectivity index (χ1v) is 28.8. The zero-order chi connectivity index (χ0) is 54.6. The molecular formula is C80H53N3. The van der Waals surface area contributed by atoms with Gasteiger partial charge in [0.05, 0.1) is 33.2 Å². The second-order valence-electron chi connectivity index (χ2n) is 22.3. The summed E-state index contributed by atoms with van der Waals surface area (Å²) in [5.74, 6) is 0. The number of hydrogen-bond acceptors (Lipinski definition) is 2. The molecule has 0 spiro atoms. The lowest BCUT2D eigenvalue weighted by atomic mass is 9.64. The fourth-order valence-corrected chi connectivity index (χ4v) is 14.9. The van der Waals surface area contributed by atoms with Crippen molar-refractivity contribution in [3.63, 3.8) is 0 Å². The van der Waals surface area contributed by atoms with E-state index in [0.717, 1.165) is 34.0 Å². The van der Waals surface area contributed by atoms with Gasteiger partial charge in [0.1, 0.15) is 0 Å². The molecule has 1 aromatic heterocycles. The number of rotatable bonds is 9. The summed E-state index contributed by atoms with van der Waals surface area (Å²) in [7, 11) is 0. The predicted octanol–water partition coefficient (Wildman–Crippen LogP) is 20.4. The number of aromatic nitrogens is 1. The Morgan fingerprint density at radius 1 is 0.265 bits per heavy atom. The third-order valence-corrected chi connectivity index (χ3v) is 18.2. The maximum atomic E-state index is 2.50. The molecule has 0 fully saturated rings. The molecule has 3 heteroatoms. The standard InChI is InChI=1S/C80H53N3/c1-6-23-56(24-7-1)79(57-25-8-2-9-26-57)70-36-18-16-33-64(70)65-49-46-63(53-73(65)79)81(62-47-50-75-69(52-62)67-34-17-20-38-74(67)82(75)59-29-12-4-13-30-59)61-44-41-54(42-45-61)55-43-48-66-68-35-22-40-77-78(68)80(72(66)51-55,58-27-10-3-11-28-58)71-37-19-21-39-76(71)83(77)60-31-14-5-15-32-60/h1-53H. The van der Waals surface area contributed by atoms with Crippen LogP contribution in [0.25, 0.3) is 60.9 Å². The highest BCUT2D eigenvalue weighted by atomic mass is 15.2. The summed E-state index contributed by atoms with van der Waals surface area (Å²) in [5, 5.41) is 2.42. The normalized spacial score (nSPS) is 14.9. The van der Waals surface area contributed by atoms with Crippen molar-refractivity contribution in [2.24, 2.45) is 0 Å². The summed E-state index contributed by atoms with van der Waals surface area (Å²) in [5.41, 5.74) is 26.8. The topological polar surface area (TPSA) is 11.4 Å².